The van der Waals surface area contributed by atoms with E-state index < -0.39 is 5.97 Å². The van der Waals surface area contributed by atoms with Crippen molar-refractivity contribution in [2.24, 2.45) is 5.92 Å². The molecule has 4 nitrogen and oxygen atoms in total. The molecule has 4 heteroatoms. The molecule has 0 saturated carbocycles. The molecule has 2 N–H and O–H groups in total. The third-order valence-electron chi connectivity index (χ3n) is 2.29. The Morgan fingerprint density at radius 3 is 2.38 bits per heavy atom. The van der Waals surface area contributed by atoms with E-state index in [0.29, 0.717) is 6.54 Å². The maximum atomic E-state index is 10.5. The number of hydrogen-bond acceptors (Lipinski definition) is 3. The average molecular weight is 189 g/mol. The van der Waals surface area contributed by atoms with E-state index in [1.165, 1.54) is 0 Å². The molecular weight excluding hydrogens is 170 g/mol. The highest BCUT2D eigenvalue weighted by atomic mass is 16.4. The van der Waals surface area contributed by atoms with Gasteiger partial charge in [-0.1, -0.05) is 13.8 Å². The molecular formula is C9H19NO3. The number of carboxylic acid groups (broad SMARTS) is 1. The van der Waals surface area contributed by atoms with Crippen molar-refractivity contribution in [3.63, 3.8) is 0 Å². The van der Waals surface area contributed by atoms with Crippen LogP contribution in [-0.2, 0) is 4.79 Å². The zero-order chi connectivity index (χ0) is 10.4. The Bertz CT molecular complexity index is 157. The summed E-state index contributed by atoms with van der Waals surface area (Å²) in [5.41, 5.74) is 0. The Morgan fingerprint density at radius 2 is 2.08 bits per heavy atom. The molecule has 0 aromatic carbocycles. The van der Waals surface area contributed by atoms with Gasteiger partial charge in [0.2, 0.25) is 0 Å². The molecule has 0 aliphatic heterocycles. The van der Waals surface area contributed by atoms with E-state index in [1.54, 1.807) is 6.92 Å². The summed E-state index contributed by atoms with van der Waals surface area (Å²) < 4.78 is 0. The number of nitrogens with zero attached hydrogens (tertiary/aromatic N) is 1. The van der Waals surface area contributed by atoms with Gasteiger partial charge in [0.15, 0.2) is 0 Å². The van der Waals surface area contributed by atoms with Gasteiger partial charge in [-0.05, 0) is 13.5 Å². The SMILES string of the molecule is CCC(CO)N(C)CC(C)C(=O)O. The van der Waals surface area contributed by atoms with E-state index >= 15 is 0 Å². The molecule has 2 atom stereocenters. The lowest BCUT2D eigenvalue weighted by atomic mass is 10.1. The second-order valence-corrected chi connectivity index (χ2v) is 3.42. The van der Waals surface area contributed by atoms with Gasteiger partial charge in [-0.25, -0.2) is 0 Å². The standard InChI is InChI=1S/C9H19NO3/c1-4-8(6-11)10(3)5-7(2)9(12)13/h7-8,11H,4-6H2,1-3H3,(H,12,13). The molecule has 0 fully saturated rings. The van der Waals surface area contributed by atoms with Crippen molar-refractivity contribution in [3.05, 3.63) is 0 Å². The molecule has 0 aliphatic rings. The van der Waals surface area contributed by atoms with Crippen LogP contribution in [0, 0.1) is 5.92 Å². The Balaban J connectivity index is 3.96. The Kier molecular flexibility index (Phi) is 5.66. The van der Waals surface area contributed by atoms with E-state index in [-0.39, 0.29) is 18.6 Å². The molecule has 0 bridgehead atoms. The number of hydrogen-bond donors (Lipinski definition) is 2. The number of aliphatic hydroxyl groups is 1. The van der Waals surface area contributed by atoms with Crippen molar-refractivity contribution in [1.29, 1.82) is 0 Å². The fraction of sp³-hybridized carbons (Fsp3) is 0.889. The van der Waals surface area contributed by atoms with Gasteiger partial charge in [0.25, 0.3) is 0 Å². The summed E-state index contributed by atoms with van der Waals surface area (Å²) in [5, 5.41) is 17.6. The lowest BCUT2D eigenvalue weighted by Gasteiger charge is -2.26. The molecule has 0 heterocycles. The molecule has 13 heavy (non-hydrogen) atoms. The van der Waals surface area contributed by atoms with Gasteiger partial charge in [-0.15, -0.1) is 0 Å². The van der Waals surface area contributed by atoms with Gasteiger partial charge in [-0.3, -0.25) is 4.79 Å². The van der Waals surface area contributed by atoms with Crippen LogP contribution in [0.2, 0.25) is 0 Å². The molecule has 0 saturated heterocycles. The molecule has 0 rings (SSSR count). The summed E-state index contributed by atoms with van der Waals surface area (Å²) in [5.74, 6) is -1.18. The Morgan fingerprint density at radius 1 is 1.54 bits per heavy atom. The highest BCUT2D eigenvalue weighted by Gasteiger charge is 2.18. The maximum Gasteiger partial charge on any atom is 0.307 e. The molecule has 0 amide bonds. The molecule has 2 unspecified atom stereocenters. The first-order valence-corrected chi connectivity index (χ1v) is 4.56. The minimum Gasteiger partial charge on any atom is -0.481 e. The van der Waals surface area contributed by atoms with Crippen molar-refractivity contribution in [2.45, 2.75) is 26.3 Å². The van der Waals surface area contributed by atoms with Crippen LogP contribution in [0.15, 0.2) is 0 Å². The molecule has 0 aromatic rings. The number of carboxylic acids is 1. The van der Waals surface area contributed by atoms with Crippen LogP contribution >= 0.6 is 0 Å². The third-order valence-corrected chi connectivity index (χ3v) is 2.29. The number of aliphatic hydroxyl groups excluding tert-OH is 1. The highest BCUT2D eigenvalue weighted by Crippen LogP contribution is 2.05. The van der Waals surface area contributed by atoms with Crippen LogP contribution in [0.4, 0.5) is 0 Å². The van der Waals surface area contributed by atoms with E-state index in [0.717, 1.165) is 6.42 Å². The van der Waals surface area contributed by atoms with Crippen LogP contribution in [0.3, 0.4) is 0 Å². The molecule has 0 spiro atoms. The van der Waals surface area contributed by atoms with Crippen molar-refractivity contribution < 1.29 is 15.0 Å². The zero-order valence-corrected chi connectivity index (χ0v) is 8.53. The summed E-state index contributed by atoms with van der Waals surface area (Å²) in [7, 11) is 1.84. The molecule has 0 radical (unpaired) electrons. The number of carbonyl (C=O) groups is 1. The number of rotatable bonds is 6. The smallest absolute Gasteiger partial charge is 0.307 e. The monoisotopic (exact) mass is 189 g/mol. The fourth-order valence-corrected chi connectivity index (χ4v) is 1.24. The number of aliphatic carboxylic acids is 1. The quantitative estimate of drug-likeness (QED) is 0.635. The lowest BCUT2D eigenvalue weighted by molar-refractivity contribution is -0.141. The third kappa shape index (κ3) is 4.24. The van der Waals surface area contributed by atoms with Gasteiger partial charge in [0, 0.05) is 12.6 Å². The lowest BCUT2D eigenvalue weighted by Crippen LogP contribution is -2.38. The summed E-state index contributed by atoms with van der Waals surface area (Å²) in [4.78, 5) is 12.4. The van der Waals surface area contributed by atoms with Crippen LogP contribution < -0.4 is 0 Å². The second kappa shape index (κ2) is 5.94. The largest absolute Gasteiger partial charge is 0.481 e. The topological polar surface area (TPSA) is 60.8 Å². The Hall–Kier alpha value is -0.610. The summed E-state index contributed by atoms with van der Waals surface area (Å²) in [6.45, 7) is 4.21. The fourth-order valence-electron chi connectivity index (χ4n) is 1.24. The van der Waals surface area contributed by atoms with Crippen molar-refractivity contribution >= 4 is 5.97 Å². The van der Waals surface area contributed by atoms with Crippen LogP contribution in [0.1, 0.15) is 20.3 Å². The molecule has 0 aliphatic carbocycles. The predicted molar refractivity (Wildman–Crippen MR) is 50.6 cm³/mol. The zero-order valence-electron chi connectivity index (χ0n) is 8.53. The van der Waals surface area contributed by atoms with E-state index in [4.69, 9.17) is 10.2 Å². The van der Waals surface area contributed by atoms with Crippen molar-refractivity contribution in [1.82, 2.24) is 4.90 Å². The van der Waals surface area contributed by atoms with Crippen LogP contribution in [0.5, 0.6) is 0 Å². The summed E-state index contributed by atoms with van der Waals surface area (Å²) >= 11 is 0. The first-order chi connectivity index (χ1) is 6.02. The van der Waals surface area contributed by atoms with Gasteiger partial charge in [-0.2, -0.15) is 0 Å². The van der Waals surface area contributed by atoms with E-state index in [9.17, 15) is 4.79 Å². The van der Waals surface area contributed by atoms with Gasteiger partial charge in [0.1, 0.15) is 0 Å². The van der Waals surface area contributed by atoms with Gasteiger partial charge >= 0.3 is 5.97 Å². The minimum atomic E-state index is -0.792. The normalized spacial score (nSPS) is 15.8. The van der Waals surface area contributed by atoms with Gasteiger partial charge < -0.3 is 15.1 Å². The van der Waals surface area contributed by atoms with E-state index in [2.05, 4.69) is 0 Å². The summed E-state index contributed by atoms with van der Waals surface area (Å²) in [6, 6.07) is 0.0711. The average Bonchev–Trinajstić information content (AvgIpc) is 2.06. The first kappa shape index (κ1) is 12.4. The molecule has 0 aromatic heterocycles. The highest BCUT2D eigenvalue weighted by molar-refractivity contribution is 5.69. The van der Waals surface area contributed by atoms with Crippen molar-refractivity contribution in [2.75, 3.05) is 20.2 Å². The maximum absolute atomic E-state index is 10.5. The predicted octanol–water partition coefficient (Wildman–Crippen LogP) is 0.410. The minimum absolute atomic E-state index is 0.0711. The van der Waals surface area contributed by atoms with Crippen LogP contribution in [0.25, 0.3) is 0 Å². The Labute approximate surface area is 79.2 Å². The van der Waals surface area contributed by atoms with Crippen LogP contribution in [-0.4, -0.2) is 47.3 Å². The van der Waals surface area contributed by atoms with E-state index in [1.807, 2.05) is 18.9 Å². The first-order valence-electron chi connectivity index (χ1n) is 4.56. The molecule has 78 valence electrons. The van der Waals surface area contributed by atoms with Gasteiger partial charge in [0.05, 0.1) is 12.5 Å². The summed E-state index contributed by atoms with van der Waals surface area (Å²) in [6.07, 6.45) is 0.833. The second-order valence-electron chi connectivity index (χ2n) is 3.42. The van der Waals surface area contributed by atoms with Crippen molar-refractivity contribution in [3.8, 4) is 0 Å². The number of likely N-dealkylation sites (N-methyl/N-ethyl adjacent to an activating group) is 1.